The lowest BCUT2D eigenvalue weighted by molar-refractivity contribution is 0.415. The number of nitrogens with zero attached hydrogens (tertiary/aromatic N) is 1. The fourth-order valence-corrected chi connectivity index (χ4v) is 4.99. The minimum Gasteiger partial charge on any atom is -0.497 e. The molecule has 4 aromatic rings. The number of aromatic amines is 1. The van der Waals surface area contributed by atoms with Gasteiger partial charge < -0.3 is 20.4 Å². The van der Waals surface area contributed by atoms with Gasteiger partial charge >= 0.3 is 0 Å². The molecule has 2 aromatic carbocycles. The molecule has 2 heterocycles. The van der Waals surface area contributed by atoms with Gasteiger partial charge in [-0.15, -0.1) is 0 Å². The fraction of sp³-hybridized carbons (Fsp3) is 0.240. The van der Waals surface area contributed by atoms with E-state index in [0.29, 0.717) is 16.6 Å². The van der Waals surface area contributed by atoms with Crippen molar-refractivity contribution >= 4 is 51.2 Å². The monoisotopic (exact) mass is 466 g/mol. The van der Waals surface area contributed by atoms with E-state index in [9.17, 15) is 0 Å². The van der Waals surface area contributed by atoms with E-state index in [2.05, 4.69) is 26.7 Å². The van der Waals surface area contributed by atoms with E-state index in [0.717, 1.165) is 54.0 Å². The minimum atomic E-state index is 0.592. The lowest BCUT2D eigenvalue weighted by Gasteiger charge is -2.15. The molecule has 0 fully saturated rings. The highest BCUT2D eigenvalue weighted by Crippen LogP contribution is 2.36. The lowest BCUT2D eigenvalue weighted by Crippen LogP contribution is -2.06. The zero-order valence-corrected chi connectivity index (χ0v) is 19.3. The van der Waals surface area contributed by atoms with Crippen LogP contribution in [-0.4, -0.2) is 23.6 Å². The maximum absolute atomic E-state index is 6.59. The van der Waals surface area contributed by atoms with E-state index in [1.54, 1.807) is 7.11 Å². The number of benzene rings is 2. The van der Waals surface area contributed by atoms with E-state index in [-0.39, 0.29) is 0 Å². The molecule has 1 aliphatic rings. The summed E-state index contributed by atoms with van der Waals surface area (Å²) in [5.41, 5.74) is 7.47. The molecule has 1 aliphatic carbocycles. The van der Waals surface area contributed by atoms with E-state index >= 15 is 0 Å². The van der Waals surface area contributed by atoms with Crippen LogP contribution in [0.25, 0.3) is 10.9 Å². The van der Waals surface area contributed by atoms with Gasteiger partial charge in [-0.25, -0.2) is 0 Å². The van der Waals surface area contributed by atoms with Crippen molar-refractivity contribution in [1.29, 1.82) is 0 Å². The number of rotatable bonds is 7. The zero-order chi connectivity index (χ0) is 22.1. The molecule has 7 heteroatoms. The SMILES string of the molecule is COc1ccc2c(CCNc3c(Cl)cc(Nc4ccnc5c4CCC5)cc3Cl)c[nH]c2c1. The summed E-state index contributed by atoms with van der Waals surface area (Å²) in [6.07, 6.45) is 7.96. The molecule has 0 amide bonds. The summed E-state index contributed by atoms with van der Waals surface area (Å²) >= 11 is 13.2. The third-order valence-corrected chi connectivity index (χ3v) is 6.57. The second-order valence-corrected chi connectivity index (χ2v) is 8.79. The lowest BCUT2D eigenvalue weighted by atomic mass is 10.1. The average Bonchev–Trinajstić information content (AvgIpc) is 3.43. The van der Waals surface area contributed by atoms with Crippen molar-refractivity contribution in [2.45, 2.75) is 25.7 Å². The predicted octanol–water partition coefficient (Wildman–Crippen LogP) is 6.77. The van der Waals surface area contributed by atoms with Crippen LogP contribution in [-0.2, 0) is 19.3 Å². The normalized spacial score (nSPS) is 12.7. The maximum atomic E-state index is 6.59. The van der Waals surface area contributed by atoms with Gasteiger partial charge in [-0.2, -0.15) is 0 Å². The van der Waals surface area contributed by atoms with Crippen molar-refractivity contribution in [1.82, 2.24) is 9.97 Å². The zero-order valence-electron chi connectivity index (χ0n) is 17.8. The van der Waals surface area contributed by atoms with Crippen LogP contribution in [0.5, 0.6) is 5.75 Å². The number of halogens is 2. The molecule has 0 radical (unpaired) electrons. The number of nitrogens with one attached hydrogen (secondary N) is 3. The van der Waals surface area contributed by atoms with Gasteiger partial charge in [0.15, 0.2) is 0 Å². The first-order valence-corrected chi connectivity index (χ1v) is 11.5. The predicted molar refractivity (Wildman–Crippen MR) is 133 cm³/mol. The number of anilines is 3. The second-order valence-electron chi connectivity index (χ2n) is 7.98. The average molecular weight is 467 g/mol. The Morgan fingerprint density at radius 2 is 1.94 bits per heavy atom. The largest absolute Gasteiger partial charge is 0.497 e. The number of pyridine rings is 1. The van der Waals surface area contributed by atoms with E-state index < -0.39 is 0 Å². The number of H-pyrrole nitrogens is 1. The molecule has 0 aliphatic heterocycles. The molecule has 0 spiro atoms. The van der Waals surface area contributed by atoms with Crippen molar-refractivity contribution in [2.24, 2.45) is 0 Å². The molecule has 164 valence electrons. The summed E-state index contributed by atoms with van der Waals surface area (Å²) in [4.78, 5) is 7.79. The highest BCUT2D eigenvalue weighted by molar-refractivity contribution is 6.39. The molecule has 2 aromatic heterocycles. The smallest absolute Gasteiger partial charge is 0.120 e. The van der Waals surface area contributed by atoms with Crippen LogP contribution in [0.15, 0.2) is 48.8 Å². The number of aryl methyl sites for hydroxylation is 1. The summed E-state index contributed by atoms with van der Waals surface area (Å²) in [7, 11) is 1.67. The number of ether oxygens (including phenoxy) is 1. The van der Waals surface area contributed by atoms with Gasteiger partial charge in [-0.05, 0) is 67.1 Å². The molecule has 0 saturated heterocycles. The Bertz CT molecular complexity index is 1260. The molecule has 3 N–H and O–H groups in total. The Morgan fingerprint density at radius 3 is 2.75 bits per heavy atom. The van der Waals surface area contributed by atoms with Crippen molar-refractivity contribution in [3.8, 4) is 5.75 Å². The topological polar surface area (TPSA) is 62.0 Å². The Labute approximate surface area is 197 Å². The molecular weight excluding hydrogens is 443 g/mol. The second kappa shape index (κ2) is 8.93. The van der Waals surface area contributed by atoms with Crippen LogP contribution in [0.4, 0.5) is 17.1 Å². The van der Waals surface area contributed by atoms with Crippen molar-refractivity contribution < 1.29 is 4.74 Å². The third kappa shape index (κ3) is 4.10. The standard InChI is InChI=1S/C25H24Cl2N4O/c1-32-17-5-6-18-15(14-30-24(18)13-17)7-9-29-25-20(26)11-16(12-21(25)27)31-23-8-10-28-22-4-2-3-19(22)23/h5-6,8,10-14,29-30H,2-4,7,9H2,1H3,(H,28,31). The van der Waals surface area contributed by atoms with Crippen molar-refractivity contribution in [3.63, 3.8) is 0 Å². The van der Waals surface area contributed by atoms with Gasteiger partial charge in [0.05, 0.1) is 22.8 Å². The molecule has 0 saturated carbocycles. The van der Waals surface area contributed by atoms with Gasteiger partial charge in [0.2, 0.25) is 0 Å². The van der Waals surface area contributed by atoms with Gasteiger partial charge in [-0.3, -0.25) is 4.98 Å². The summed E-state index contributed by atoms with van der Waals surface area (Å²) in [6, 6.07) is 11.9. The fourth-order valence-electron chi connectivity index (χ4n) is 4.37. The van der Waals surface area contributed by atoms with Gasteiger partial charge in [-0.1, -0.05) is 23.2 Å². The Morgan fingerprint density at radius 1 is 1.09 bits per heavy atom. The number of hydrogen-bond donors (Lipinski definition) is 3. The third-order valence-electron chi connectivity index (χ3n) is 5.98. The van der Waals surface area contributed by atoms with Crippen LogP contribution in [0.2, 0.25) is 10.0 Å². The minimum absolute atomic E-state index is 0.592. The van der Waals surface area contributed by atoms with Gasteiger partial charge in [0.1, 0.15) is 5.75 Å². The molecule has 0 bridgehead atoms. The maximum Gasteiger partial charge on any atom is 0.120 e. The van der Waals surface area contributed by atoms with Gasteiger partial charge in [0.25, 0.3) is 0 Å². The number of methoxy groups -OCH3 is 1. The molecule has 0 atom stereocenters. The first-order chi connectivity index (χ1) is 15.6. The molecule has 32 heavy (non-hydrogen) atoms. The summed E-state index contributed by atoms with van der Waals surface area (Å²) in [5, 5.41) is 9.24. The van der Waals surface area contributed by atoms with Crippen LogP contribution in [0.3, 0.4) is 0 Å². The van der Waals surface area contributed by atoms with Crippen LogP contribution in [0, 0.1) is 0 Å². The quantitative estimate of drug-likeness (QED) is 0.281. The van der Waals surface area contributed by atoms with Crippen LogP contribution in [0.1, 0.15) is 23.2 Å². The summed E-state index contributed by atoms with van der Waals surface area (Å²) in [6.45, 7) is 0.711. The van der Waals surface area contributed by atoms with Crippen molar-refractivity contribution in [3.05, 3.63) is 75.7 Å². The Balaban J connectivity index is 1.28. The first-order valence-electron chi connectivity index (χ1n) is 10.7. The van der Waals surface area contributed by atoms with Crippen LogP contribution < -0.4 is 15.4 Å². The molecular formula is C25H24Cl2N4O. The van der Waals surface area contributed by atoms with Gasteiger partial charge in [0, 0.05) is 53.0 Å². The molecule has 5 rings (SSSR count). The number of hydrogen-bond acceptors (Lipinski definition) is 4. The van der Waals surface area contributed by atoms with Crippen LogP contribution >= 0.6 is 23.2 Å². The summed E-state index contributed by atoms with van der Waals surface area (Å²) in [5.74, 6) is 0.841. The van der Waals surface area contributed by atoms with E-state index in [1.807, 2.05) is 42.7 Å². The van der Waals surface area contributed by atoms with E-state index in [1.165, 1.54) is 22.2 Å². The highest BCUT2D eigenvalue weighted by Gasteiger charge is 2.17. The Kier molecular flexibility index (Phi) is 5.85. The number of aromatic nitrogens is 2. The number of fused-ring (bicyclic) bond motifs is 2. The summed E-state index contributed by atoms with van der Waals surface area (Å²) < 4.78 is 5.30. The molecule has 5 nitrogen and oxygen atoms in total. The Hall–Kier alpha value is -2.89. The highest BCUT2D eigenvalue weighted by atomic mass is 35.5. The first kappa shape index (κ1) is 21.0. The molecule has 0 unspecified atom stereocenters. The van der Waals surface area contributed by atoms with Crippen molar-refractivity contribution in [2.75, 3.05) is 24.3 Å². The van der Waals surface area contributed by atoms with E-state index in [4.69, 9.17) is 27.9 Å².